The Hall–Kier alpha value is -3.36. The maximum atomic E-state index is 13.9. The van der Waals surface area contributed by atoms with E-state index in [9.17, 15) is 18.0 Å². The van der Waals surface area contributed by atoms with Crippen LogP contribution in [-0.4, -0.2) is 42.1 Å². The van der Waals surface area contributed by atoms with Crippen LogP contribution >= 0.6 is 0 Å². The summed E-state index contributed by atoms with van der Waals surface area (Å²) < 4.78 is 40.8. The maximum absolute atomic E-state index is 13.9. The molecule has 32 heavy (non-hydrogen) atoms. The summed E-state index contributed by atoms with van der Waals surface area (Å²) in [5.74, 6) is -2.99. The lowest BCUT2D eigenvalue weighted by atomic mass is 9.91. The molecule has 0 aliphatic heterocycles. The van der Waals surface area contributed by atoms with Crippen LogP contribution in [0.1, 0.15) is 36.0 Å². The Morgan fingerprint density at radius 2 is 1.59 bits per heavy atom. The molecule has 0 bridgehead atoms. The third kappa shape index (κ3) is 4.61. The van der Waals surface area contributed by atoms with Crippen molar-refractivity contribution < 1.29 is 18.0 Å². The summed E-state index contributed by atoms with van der Waals surface area (Å²) in [5, 5.41) is 7.00. The summed E-state index contributed by atoms with van der Waals surface area (Å²) >= 11 is 0. The quantitative estimate of drug-likeness (QED) is 0.617. The lowest BCUT2D eigenvalue weighted by Crippen LogP contribution is -2.41. The SMILES string of the molecule is CN(C)c1nc(N[C@H]2CC[C@@H](NC(=O)c3c(F)cc(F)cc3F)CC2)nc2ccccc12. The molecule has 0 saturated heterocycles. The number of benzene rings is 2. The van der Waals surface area contributed by atoms with Gasteiger partial charge in [0.15, 0.2) is 0 Å². The normalized spacial score (nSPS) is 18.4. The van der Waals surface area contributed by atoms with Crippen LogP contribution in [0.4, 0.5) is 24.9 Å². The van der Waals surface area contributed by atoms with E-state index in [0.717, 1.165) is 29.6 Å². The van der Waals surface area contributed by atoms with Gasteiger partial charge in [-0.3, -0.25) is 4.79 Å². The Kier molecular flexibility index (Phi) is 6.16. The van der Waals surface area contributed by atoms with E-state index in [1.807, 2.05) is 43.3 Å². The Bertz CT molecular complexity index is 1120. The molecule has 2 aromatic carbocycles. The third-order valence-electron chi connectivity index (χ3n) is 5.64. The second kappa shape index (κ2) is 9.02. The number of hydrogen-bond acceptors (Lipinski definition) is 5. The van der Waals surface area contributed by atoms with Crippen molar-refractivity contribution in [2.24, 2.45) is 0 Å². The first kappa shape index (κ1) is 21.9. The molecule has 1 aliphatic rings. The molecule has 9 heteroatoms. The molecule has 168 valence electrons. The minimum atomic E-state index is -1.21. The van der Waals surface area contributed by atoms with Crippen LogP contribution in [0.3, 0.4) is 0 Å². The highest BCUT2D eigenvalue weighted by molar-refractivity contribution is 5.95. The van der Waals surface area contributed by atoms with Gasteiger partial charge in [-0.25, -0.2) is 18.2 Å². The zero-order valence-corrected chi connectivity index (χ0v) is 17.8. The highest BCUT2D eigenvalue weighted by atomic mass is 19.1. The van der Waals surface area contributed by atoms with Crippen LogP contribution in [0.2, 0.25) is 0 Å². The van der Waals surface area contributed by atoms with Crippen molar-refractivity contribution in [1.82, 2.24) is 15.3 Å². The number of para-hydroxylation sites is 1. The van der Waals surface area contributed by atoms with Gasteiger partial charge < -0.3 is 15.5 Å². The van der Waals surface area contributed by atoms with Crippen LogP contribution < -0.4 is 15.5 Å². The molecule has 0 spiro atoms. The summed E-state index contributed by atoms with van der Waals surface area (Å²) in [6.07, 6.45) is 2.71. The van der Waals surface area contributed by atoms with Crippen molar-refractivity contribution in [1.29, 1.82) is 0 Å². The van der Waals surface area contributed by atoms with Crippen LogP contribution in [0.15, 0.2) is 36.4 Å². The van der Waals surface area contributed by atoms with E-state index < -0.39 is 28.9 Å². The summed E-state index contributed by atoms with van der Waals surface area (Å²) in [4.78, 5) is 23.5. The zero-order valence-electron chi connectivity index (χ0n) is 17.8. The van der Waals surface area contributed by atoms with Crippen LogP contribution in [-0.2, 0) is 0 Å². The van der Waals surface area contributed by atoms with Crippen LogP contribution in [0.5, 0.6) is 0 Å². The molecule has 1 heterocycles. The number of nitrogens with one attached hydrogen (secondary N) is 2. The van der Waals surface area contributed by atoms with Gasteiger partial charge in [-0.15, -0.1) is 0 Å². The zero-order chi connectivity index (χ0) is 22.8. The van der Waals surface area contributed by atoms with Gasteiger partial charge in [0.2, 0.25) is 5.95 Å². The highest BCUT2D eigenvalue weighted by Gasteiger charge is 2.26. The molecular weight excluding hydrogens is 419 g/mol. The van der Waals surface area contributed by atoms with Crippen molar-refractivity contribution in [3.05, 3.63) is 59.4 Å². The van der Waals surface area contributed by atoms with Gasteiger partial charge in [0.25, 0.3) is 5.91 Å². The van der Waals surface area contributed by atoms with E-state index in [2.05, 4.69) is 20.6 Å². The van der Waals surface area contributed by atoms with Gasteiger partial charge in [0.1, 0.15) is 28.8 Å². The summed E-state index contributed by atoms with van der Waals surface area (Å²) in [5.41, 5.74) is 0.0884. The van der Waals surface area contributed by atoms with Crippen molar-refractivity contribution in [3.8, 4) is 0 Å². The standard InChI is InChI=1S/C23H24F3N5O/c1-31(2)21-16-5-3-4-6-19(16)29-23(30-21)28-15-9-7-14(8-10-15)27-22(32)20-17(25)11-13(24)12-18(20)26/h3-6,11-12,14-15H,7-10H2,1-2H3,(H,27,32)(H,28,29,30)/t14-,15+. The minimum absolute atomic E-state index is 0.110. The Balaban J connectivity index is 1.39. The second-order valence-corrected chi connectivity index (χ2v) is 8.19. The van der Waals surface area contributed by atoms with Gasteiger partial charge >= 0.3 is 0 Å². The number of hydrogen-bond donors (Lipinski definition) is 2. The van der Waals surface area contributed by atoms with E-state index in [4.69, 9.17) is 0 Å². The first-order chi connectivity index (χ1) is 15.3. The fourth-order valence-electron chi connectivity index (χ4n) is 4.05. The monoisotopic (exact) mass is 443 g/mol. The predicted octanol–water partition coefficient (Wildman–Crippen LogP) is 4.27. The highest BCUT2D eigenvalue weighted by Crippen LogP contribution is 2.26. The first-order valence-electron chi connectivity index (χ1n) is 10.5. The molecular formula is C23H24F3N5O. The molecule has 6 nitrogen and oxygen atoms in total. The Labute approximate surface area is 183 Å². The van der Waals surface area contributed by atoms with Gasteiger partial charge in [-0.05, 0) is 37.8 Å². The molecule has 1 aliphatic carbocycles. The molecule has 0 atom stereocenters. The fourth-order valence-corrected chi connectivity index (χ4v) is 4.05. The van der Waals surface area contributed by atoms with Gasteiger partial charge in [0.05, 0.1) is 5.52 Å². The van der Waals surface area contributed by atoms with Crippen LogP contribution in [0, 0.1) is 17.5 Å². The topological polar surface area (TPSA) is 70.2 Å². The Morgan fingerprint density at radius 3 is 2.25 bits per heavy atom. The second-order valence-electron chi connectivity index (χ2n) is 8.19. The molecule has 4 rings (SSSR count). The van der Waals surface area contributed by atoms with Crippen molar-refractivity contribution in [2.45, 2.75) is 37.8 Å². The van der Waals surface area contributed by atoms with E-state index in [1.54, 1.807) is 0 Å². The largest absolute Gasteiger partial charge is 0.362 e. The molecule has 1 amide bonds. The number of carbonyl (C=O) groups excluding carboxylic acids is 1. The average Bonchev–Trinajstić information content (AvgIpc) is 2.73. The molecule has 1 fully saturated rings. The lowest BCUT2D eigenvalue weighted by Gasteiger charge is -2.30. The molecule has 1 saturated carbocycles. The summed E-state index contributed by atoms with van der Waals surface area (Å²) in [6, 6.07) is 8.70. The van der Waals surface area contributed by atoms with Crippen molar-refractivity contribution in [3.63, 3.8) is 0 Å². The number of anilines is 2. The third-order valence-corrected chi connectivity index (χ3v) is 5.64. The van der Waals surface area contributed by atoms with E-state index in [1.165, 1.54) is 0 Å². The lowest BCUT2D eigenvalue weighted by molar-refractivity contribution is 0.0918. The van der Waals surface area contributed by atoms with Gasteiger partial charge in [-0.2, -0.15) is 4.98 Å². The number of nitrogens with zero attached hydrogens (tertiary/aromatic N) is 3. The minimum Gasteiger partial charge on any atom is -0.362 e. The summed E-state index contributed by atoms with van der Waals surface area (Å²) in [7, 11) is 3.86. The first-order valence-corrected chi connectivity index (χ1v) is 10.5. The molecule has 0 radical (unpaired) electrons. The van der Waals surface area contributed by atoms with Gasteiger partial charge in [-0.1, -0.05) is 12.1 Å². The van der Waals surface area contributed by atoms with E-state index in [-0.39, 0.29) is 12.1 Å². The molecule has 0 unspecified atom stereocenters. The van der Waals surface area contributed by atoms with Gasteiger partial charge in [0, 0.05) is 43.7 Å². The number of aromatic nitrogens is 2. The fraction of sp³-hybridized carbons (Fsp3) is 0.348. The maximum Gasteiger partial charge on any atom is 0.257 e. The van der Waals surface area contributed by atoms with Crippen molar-refractivity contribution >= 4 is 28.6 Å². The van der Waals surface area contributed by atoms with E-state index in [0.29, 0.717) is 30.9 Å². The number of rotatable bonds is 5. The number of carbonyl (C=O) groups is 1. The molecule has 3 aromatic rings. The number of fused-ring (bicyclic) bond motifs is 1. The van der Waals surface area contributed by atoms with Crippen LogP contribution in [0.25, 0.3) is 10.9 Å². The smallest absolute Gasteiger partial charge is 0.257 e. The summed E-state index contributed by atoms with van der Waals surface area (Å²) in [6.45, 7) is 0. The molecule has 2 N–H and O–H groups in total. The predicted molar refractivity (Wildman–Crippen MR) is 117 cm³/mol. The number of amides is 1. The Morgan fingerprint density at radius 1 is 0.969 bits per heavy atom. The van der Waals surface area contributed by atoms with E-state index >= 15 is 0 Å². The van der Waals surface area contributed by atoms with Crippen molar-refractivity contribution in [2.75, 3.05) is 24.3 Å². The molecule has 1 aromatic heterocycles. The number of halogens is 3. The average molecular weight is 443 g/mol.